The van der Waals surface area contributed by atoms with Gasteiger partial charge in [-0.1, -0.05) is 19.3 Å². The van der Waals surface area contributed by atoms with Crippen molar-refractivity contribution in [1.82, 2.24) is 19.9 Å². The van der Waals surface area contributed by atoms with Crippen LogP contribution in [0.5, 0.6) is 0 Å². The molecule has 2 aromatic heterocycles. The molecule has 6 heteroatoms. The summed E-state index contributed by atoms with van der Waals surface area (Å²) in [6.45, 7) is 0. The van der Waals surface area contributed by atoms with Gasteiger partial charge in [0.1, 0.15) is 6.33 Å². The lowest BCUT2D eigenvalue weighted by Crippen LogP contribution is -2.39. The van der Waals surface area contributed by atoms with E-state index in [1.54, 1.807) is 16.9 Å². The fourth-order valence-corrected chi connectivity index (χ4v) is 2.50. The summed E-state index contributed by atoms with van der Waals surface area (Å²) in [5.74, 6) is 0. The normalized spacial score (nSPS) is 16.4. The zero-order chi connectivity index (χ0) is 13.1. The Labute approximate surface area is 111 Å². The third-order valence-corrected chi connectivity index (χ3v) is 3.49. The number of hydrogen-bond acceptors (Lipinski definition) is 3. The van der Waals surface area contributed by atoms with Gasteiger partial charge in [-0.2, -0.15) is 0 Å². The molecule has 1 saturated carbocycles. The van der Waals surface area contributed by atoms with Crippen molar-refractivity contribution in [1.29, 1.82) is 0 Å². The van der Waals surface area contributed by atoms with Crippen molar-refractivity contribution in [3.05, 3.63) is 24.7 Å². The lowest BCUT2D eigenvalue weighted by molar-refractivity contribution is 0.244. The molecule has 1 aliphatic carbocycles. The summed E-state index contributed by atoms with van der Waals surface area (Å²) in [4.78, 5) is 11.9. The predicted molar refractivity (Wildman–Crippen MR) is 72.0 cm³/mol. The summed E-state index contributed by atoms with van der Waals surface area (Å²) in [5, 5.41) is 13.6. The zero-order valence-corrected chi connectivity index (χ0v) is 10.7. The Kier molecular flexibility index (Phi) is 3.31. The monoisotopic (exact) mass is 259 g/mol. The van der Waals surface area contributed by atoms with E-state index in [1.165, 1.54) is 19.3 Å². The maximum Gasteiger partial charge on any atom is 0.319 e. The van der Waals surface area contributed by atoms with Crippen molar-refractivity contribution in [3.63, 3.8) is 0 Å². The van der Waals surface area contributed by atoms with Crippen LogP contribution in [0.4, 0.5) is 10.5 Å². The zero-order valence-electron chi connectivity index (χ0n) is 10.7. The van der Waals surface area contributed by atoms with E-state index in [2.05, 4.69) is 20.8 Å². The molecule has 3 rings (SSSR count). The van der Waals surface area contributed by atoms with E-state index >= 15 is 0 Å². The van der Waals surface area contributed by atoms with Crippen molar-refractivity contribution < 1.29 is 4.79 Å². The number of carbonyl (C=O) groups is 1. The number of hydrogen-bond donors (Lipinski definition) is 2. The summed E-state index contributed by atoms with van der Waals surface area (Å²) in [7, 11) is 0. The molecule has 0 atom stereocenters. The number of carbonyl (C=O) groups excluding carboxylic acids is 1. The molecule has 1 fully saturated rings. The van der Waals surface area contributed by atoms with Crippen molar-refractivity contribution in [2.45, 2.75) is 38.1 Å². The molecular formula is C13H17N5O. The number of fused-ring (bicyclic) bond motifs is 1. The third kappa shape index (κ3) is 2.83. The van der Waals surface area contributed by atoms with E-state index in [9.17, 15) is 4.79 Å². The maximum atomic E-state index is 11.9. The first-order valence-electron chi connectivity index (χ1n) is 6.68. The molecule has 0 unspecified atom stereocenters. The van der Waals surface area contributed by atoms with Gasteiger partial charge < -0.3 is 10.6 Å². The molecule has 2 aromatic rings. The minimum absolute atomic E-state index is 0.140. The number of aromatic nitrogens is 3. The highest BCUT2D eigenvalue weighted by Gasteiger charge is 2.15. The standard InChI is InChI=1S/C13H17N5O/c19-13(15-10-4-2-1-3-5-10)16-11-6-7-12-17-14-9-18(12)8-11/h6-10H,1-5H2,(H2,15,16,19). The second-order valence-electron chi connectivity index (χ2n) is 4.95. The molecule has 2 heterocycles. The van der Waals surface area contributed by atoms with Crippen LogP contribution in [0.25, 0.3) is 5.65 Å². The van der Waals surface area contributed by atoms with Crippen LogP contribution >= 0.6 is 0 Å². The van der Waals surface area contributed by atoms with Gasteiger partial charge in [0.05, 0.1) is 5.69 Å². The van der Waals surface area contributed by atoms with Gasteiger partial charge in [-0.05, 0) is 25.0 Å². The van der Waals surface area contributed by atoms with E-state index in [0.29, 0.717) is 6.04 Å². The SMILES string of the molecule is O=C(Nc1ccc2nncn2c1)NC1CCCCC1. The van der Waals surface area contributed by atoms with Crippen LogP contribution in [0.2, 0.25) is 0 Å². The quantitative estimate of drug-likeness (QED) is 0.868. The Morgan fingerprint density at radius 1 is 1.26 bits per heavy atom. The minimum atomic E-state index is -0.140. The lowest BCUT2D eigenvalue weighted by Gasteiger charge is -2.22. The molecule has 19 heavy (non-hydrogen) atoms. The van der Waals surface area contributed by atoms with Crippen LogP contribution in [0.3, 0.4) is 0 Å². The van der Waals surface area contributed by atoms with Gasteiger partial charge >= 0.3 is 6.03 Å². The van der Waals surface area contributed by atoms with Gasteiger partial charge in [0.25, 0.3) is 0 Å². The fourth-order valence-electron chi connectivity index (χ4n) is 2.50. The van der Waals surface area contributed by atoms with Gasteiger partial charge in [-0.3, -0.25) is 4.40 Å². The third-order valence-electron chi connectivity index (χ3n) is 3.49. The highest BCUT2D eigenvalue weighted by molar-refractivity contribution is 5.89. The molecule has 0 aromatic carbocycles. The van der Waals surface area contributed by atoms with Crippen LogP contribution in [0, 0.1) is 0 Å². The summed E-state index contributed by atoms with van der Waals surface area (Å²) in [6, 6.07) is 3.82. The molecule has 0 aliphatic heterocycles. The van der Waals surface area contributed by atoms with Gasteiger partial charge in [-0.25, -0.2) is 4.79 Å². The fraction of sp³-hybridized carbons (Fsp3) is 0.462. The highest BCUT2D eigenvalue weighted by Crippen LogP contribution is 2.17. The van der Waals surface area contributed by atoms with Crippen molar-refractivity contribution in [2.24, 2.45) is 0 Å². The topological polar surface area (TPSA) is 71.3 Å². The summed E-state index contributed by atoms with van der Waals surface area (Å²) in [5.41, 5.74) is 1.50. The second-order valence-corrected chi connectivity index (χ2v) is 4.95. The Hall–Kier alpha value is -2.11. The number of amides is 2. The molecule has 0 spiro atoms. The van der Waals surface area contributed by atoms with E-state index in [1.807, 2.05) is 12.1 Å². The molecule has 6 nitrogen and oxygen atoms in total. The van der Waals surface area contributed by atoms with Crippen LogP contribution < -0.4 is 10.6 Å². The number of urea groups is 1. The first kappa shape index (κ1) is 12.0. The van der Waals surface area contributed by atoms with Gasteiger partial charge in [0, 0.05) is 12.2 Å². The van der Waals surface area contributed by atoms with Gasteiger partial charge in [-0.15, -0.1) is 10.2 Å². The van der Waals surface area contributed by atoms with Crippen LogP contribution in [-0.4, -0.2) is 26.7 Å². The Balaban J connectivity index is 1.61. The maximum absolute atomic E-state index is 11.9. The van der Waals surface area contributed by atoms with E-state index in [4.69, 9.17) is 0 Å². The van der Waals surface area contributed by atoms with Crippen molar-refractivity contribution in [3.8, 4) is 0 Å². The van der Waals surface area contributed by atoms with Crippen LogP contribution in [0.15, 0.2) is 24.7 Å². The number of pyridine rings is 1. The van der Waals surface area contributed by atoms with Crippen LogP contribution in [0.1, 0.15) is 32.1 Å². The van der Waals surface area contributed by atoms with Gasteiger partial charge in [0.2, 0.25) is 0 Å². The average molecular weight is 259 g/mol. The van der Waals surface area contributed by atoms with E-state index in [0.717, 1.165) is 24.2 Å². The lowest BCUT2D eigenvalue weighted by atomic mass is 9.96. The Morgan fingerprint density at radius 3 is 2.95 bits per heavy atom. The molecule has 2 N–H and O–H groups in total. The molecule has 2 amide bonds. The first-order valence-corrected chi connectivity index (χ1v) is 6.68. The van der Waals surface area contributed by atoms with Crippen LogP contribution in [-0.2, 0) is 0 Å². The highest BCUT2D eigenvalue weighted by atomic mass is 16.2. The smallest absolute Gasteiger partial charge is 0.319 e. The average Bonchev–Trinajstić information content (AvgIpc) is 2.87. The molecule has 0 bridgehead atoms. The van der Waals surface area contributed by atoms with Crippen molar-refractivity contribution in [2.75, 3.05) is 5.32 Å². The molecule has 0 radical (unpaired) electrons. The summed E-state index contributed by atoms with van der Waals surface area (Å²) >= 11 is 0. The Morgan fingerprint density at radius 2 is 2.11 bits per heavy atom. The predicted octanol–water partition coefficient (Wildman–Crippen LogP) is 2.18. The number of nitrogens with zero attached hydrogens (tertiary/aromatic N) is 3. The number of anilines is 1. The summed E-state index contributed by atoms with van der Waals surface area (Å²) in [6.07, 6.45) is 9.27. The molecule has 1 aliphatic rings. The van der Waals surface area contributed by atoms with Gasteiger partial charge in [0.15, 0.2) is 5.65 Å². The first-order chi connectivity index (χ1) is 9.31. The molecule has 0 saturated heterocycles. The molecule has 100 valence electrons. The van der Waals surface area contributed by atoms with E-state index < -0.39 is 0 Å². The Bertz CT molecular complexity index is 573. The number of nitrogens with one attached hydrogen (secondary N) is 2. The van der Waals surface area contributed by atoms with E-state index in [-0.39, 0.29) is 6.03 Å². The second kappa shape index (κ2) is 5.26. The largest absolute Gasteiger partial charge is 0.335 e. The summed E-state index contributed by atoms with van der Waals surface area (Å²) < 4.78 is 1.77. The molecular weight excluding hydrogens is 242 g/mol. The minimum Gasteiger partial charge on any atom is -0.335 e. The van der Waals surface area contributed by atoms with Crippen molar-refractivity contribution >= 4 is 17.4 Å². The number of rotatable bonds is 2.